The molecule has 17 heavy (non-hydrogen) atoms. The second kappa shape index (κ2) is 3.70. The largest absolute Gasteiger partial charge is 0.298 e. The molecule has 1 nitrogen and oxygen atoms in total. The molecule has 82 valence electrons. The molecule has 0 heterocycles. The molecule has 0 amide bonds. The summed E-state index contributed by atoms with van der Waals surface area (Å²) in [6, 6.07) is 16.5. The van der Waals surface area contributed by atoms with Gasteiger partial charge in [0.25, 0.3) is 0 Å². The first-order valence-electron chi connectivity index (χ1n) is 5.67. The zero-order chi connectivity index (χ0) is 11.8. The predicted molar refractivity (Wildman–Crippen MR) is 71.6 cm³/mol. The minimum Gasteiger partial charge on any atom is -0.298 e. The first kappa shape index (κ1) is 10.0. The van der Waals surface area contributed by atoms with Gasteiger partial charge in [0.1, 0.15) is 6.29 Å². The molecule has 0 bridgehead atoms. The van der Waals surface area contributed by atoms with Crippen LogP contribution in [0.25, 0.3) is 21.5 Å². The molecule has 0 aliphatic rings. The van der Waals surface area contributed by atoms with Gasteiger partial charge < -0.3 is 0 Å². The maximum atomic E-state index is 10.9. The number of aryl methyl sites for hydroxylation is 1. The van der Waals surface area contributed by atoms with Gasteiger partial charge in [-0.15, -0.1) is 0 Å². The van der Waals surface area contributed by atoms with E-state index >= 15 is 0 Å². The van der Waals surface area contributed by atoms with Gasteiger partial charge in [-0.05, 0) is 34.0 Å². The molecule has 0 N–H and O–H groups in total. The Labute approximate surface area is 99.7 Å². The van der Waals surface area contributed by atoms with Crippen molar-refractivity contribution in [1.29, 1.82) is 0 Å². The minimum absolute atomic E-state index is 0.771. The first-order chi connectivity index (χ1) is 8.31. The molecule has 0 spiro atoms. The van der Waals surface area contributed by atoms with E-state index in [-0.39, 0.29) is 0 Å². The highest BCUT2D eigenvalue weighted by Gasteiger charge is 2.05. The van der Waals surface area contributed by atoms with E-state index in [1.165, 1.54) is 16.2 Å². The van der Waals surface area contributed by atoms with Crippen LogP contribution in [0.5, 0.6) is 0 Å². The molecule has 0 aromatic heterocycles. The van der Waals surface area contributed by atoms with Gasteiger partial charge in [-0.1, -0.05) is 48.5 Å². The second-order valence-corrected chi connectivity index (χ2v) is 4.28. The first-order valence-corrected chi connectivity index (χ1v) is 5.67. The summed E-state index contributed by atoms with van der Waals surface area (Å²) in [5.41, 5.74) is 1.83. The van der Waals surface area contributed by atoms with Gasteiger partial charge in [0.2, 0.25) is 0 Å². The Balaban J connectivity index is 2.53. The van der Waals surface area contributed by atoms with Crippen LogP contribution < -0.4 is 0 Å². The van der Waals surface area contributed by atoms with Crippen LogP contribution in [0.1, 0.15) is 15.9 Å². The normalized spacial score (nSPS) is 10.9. The van der Waals surface area contributed by atoms with Gasteiger partial charge in [0.05, 0.1) is 0 Å². The summed E-state index contributed by atoms with van der Waals surface area (Å²) < 4.78 is 0. The molecule has 0 radical (unpaired) electrons. The summed E-state index contributed by atoms with van der Waals surface area (Å²) in [5, 5.41) is 4.85. The van der Waals surface area contributed by atoms with Crippen LogP contribution in [0.15, 0.2) is 48.5 Å². The number of rotatable bonds is 1. The molecular formula is C16H12O. The smallest absolute Gasteiger partial charge is 0.150 e. The summed E-state index contributed by atoms with van der Waals surface area (Å²) in [6.07, 6.45) is 0.921. The van der Waals surface area contributed by atoms with E-state index < -0.39 is 0 Å². The van der Waals surface area contributed by atoms with E-state index in [4.69, 9.17) is 0 Å². The zero-order valence-corrected chi connectivity index (χ0v) is 9.60. The highest BCUT2D eigenvalue weighted by atomic mass is 16.1. The Bertz CT molecular complexity index is 726. The molecule has 3 aromatic rings. The Morgan fingerprint density at radius 2 is 1.59 bits per heavy atom. The number of carbonyl (C=O) groups excluding carboxylic acids is 1. The van der Waals surface area contributed by atoms with Crippen molar-refractivity contribution in [2.24, 2.45) is 0 Å². The van der Waals surface area contributed by atoms with E-state index in [0.717, 1.165) is 22.8 Å². The van der Waals surface area contributed by atoms with Gasteiger partial charge >= 0.3 is 0 Å². The lowest BCUT2D eigenvalue weighted by atomic mass is 9.96. The maximum absolute atomic E-state index is 10.9. The summed E-state index contributed by atoms with van der Waals surface area (Å²) in [4.78, 5) is 10.9. The van der Waals surface area contributed by atoms with Crippen LogP contribution in [-0.2, 0) is 0 Å². The third-order valence-electron chi connectivity index (χ3n) is 3.36. The predicted octanol–water partition coefficient (Wildman–Crippen LogP) is 4.11. The van der Waals surface area contributed by atoms with Gasteiger partial charge in [-0.2, -0.15) is 0 Å². The second-order valence-electron chi connectivity index (χ2n) is 4.28. The van der Waals surface area contributed by atoms with Gasteiger partial charge in [0.15, 0.2) is 0 Å². The third-order valence-corrected chi connectivity index (χ3v) is 3.36. The van der Waals surface area contributed by atoms with Crippen LogP contribution in [0.3, 0.4) is 0 Å². The standard InChI is InChI=1S/C16H12O/c1-11-13(10-17)7-9-16-14(11)8-6-12-4-2-3-5-15(12)16/h2-10H,1H3. The molecular weight excluding hydrogens is 208 g/mol. The number of aldehydes is 1. The molecule has 0 aliphatic heterocycles. The van der Waals surface area contributed by atoms with E-state index in [9.17, 15) is 4.79 Å². The lowest BCUT2D eigenvalue weighted by Crippen LogP contribution is -1.88. The third kappa shape index (κ3) is 1.43. The summed E-state index contributed by atoms with van der Waals surface area (Å²) in [5.74, 6) is 0. The average molecular weight is 220 g/mol. The number of benzene rings is 3. The molecule has 0 unspecified atom stereocenters. The molecule has 0 saturated carbocycles. The van der Waals surface area contributed by atoms with E-state index in [1.807, 2.05) is 31.2 Å². The van der Waals surface area contributed by atoms with E-state index in [1.54, 1.807) is 0 Å². The van der Waals surface area contributed by atoms with E-state index in [0.29, 0.717) is 0 Å². The summed E-state index contributed by atoms with van der Waals surface area (Å²) in [7, 11) is 0. The van der Waals surface area contributed by atoms with Crippen molar-refractivity contribution in [1.82, 2.24) is 0 Å². The quantitative estimate of drug-likeness (QED) is 0.445. The fraction of sp³-hybridized carbons (Fsp3) is 0.0625. The number of carbonyl (C=O) groups is 1. The Hall–Kier alpha value is -2.15. The molecule has 3 rings (SSSR count). The molecule has 0 fully saturated rings. The average Bonchev–Trinajstić information content (AvgIpc) is 2.39. The highest BCUT2D eigenvalue weighted by Crippen LogP contribution is 2.28. The van der Waals surface area contributed by atoms with Crippen LogP contribution >= 0.6 is 0 Å². The Kier molecular flexibility index (Phi) is 2.19. The topological polar surface area (TPSA) is 17.1 Å². The number of hydrogen-bond donors (Lipinski definition) is 0. The van der Waals surface area contributed by atoms with Gasteiger partial charge in [0, 0.05) is 5.56 Å². The van der Waals surface area contributed by atoms with Crippen LogP contribution in [0.4, 0.5) is 0 Å². The SMILES string of the molecule is Cc1c(C=O)ccc2c1ccc1ccccc12. The van der Waals surface area contributed by atoms with Crippen LogP contribution in [0, 0.1) is 6.92 Å². The van der Waals surface area contributed by atoms with Gasteiger partial charge in [-0.25, -0.2) is 0 Å². The van der Waals surface area contributed by atoms with Crippen molar-refractivity contribution in [3.05, 3.63) is 59.7 Å². The molecule has 0 saturated heterocycles. The van der Waals surface area contributed by atoms with Crippen molar-refractivity contribution in [3.63, 3.8) is 0 Å². The highest BCUT2D eigenvalue weighted by molar-refractivity contribution is 6.09. The van der Waals surface area contributed by atoms with Crippen molar-refractivity contribution in [3.8, 4) is 0 Å². The molecule has 3 aromatic carbocycles. The van der Waals surface area contributed by atoms with E-state index in [2.05, 4.69) is 24.3 Å². The molecule has 0 atom stereocenters. The number of hydrogen-bond acceptors (Lipinski definition) is 1. The number of fused-ring (bicyclic) bond motifs is 3. The van der Waals surface area contributed by atoms with Crippen LogP contribution in [0.2, 0.25) is 0 Å². The fourth-order valence-corrected chi connectivity index (χ4v) is 2.38. The summed E-state index contributed by atoms with van der Waals surface area (Å²) in [6.45, 7) is 2.00. The molecule has 1 heteroatoms. The maximum Gasteiger partial charge on any atom is 0.150 e. The lowest BCUT2D eigenvalue weighted by molar-refractivity contribution is 0.112. The van der Waals surface area contributed by atoms with Crippen LogP contribution in [-0.4, -0.2) is 6.29 Å². The fourth-order valence-electron chi connectivity index (χ4n) is 2.38. The minimum atomic E-state index is 0.771. The van der Waals surface area contributed by atoms with Crippen molar-refractivity contribution >= 4 is 27.8 Å². The van der Waals surface area contributed by atoms with Crippen molar-refractivity contribution < 1.29 is 4.79 Å². The lowest BCUT2D eigenvalue weighted by Gasteiger charge is -2.08. The van der Waals surface area contributed by atoms with Crippen molar-refractivity contribution in [2.45, 2.75) is 6.92 Å². The molecule has 0 aliphatic carbocycles. The summed E-state index contributed by atoms with van der Waals surface area (Å²) >= 11 is 0. The monoisotopic (exact) mass is 220 g/mol. The Morgan fingerprint density at radius 3 is 2.41 bits per heavy atom. The Morgan fingerprint density at radius 1 is 0.824 bits per heavy atom. The zero-order valence-electron chi connectivity index (χ0n) is 9.60. The van der Waals surface area contributed by atoms with Gasteiger partial charge in [-0.3, -0.25) is 4.79 Å². The van der Waals surface area contributed by atoms with Crippen molar-refractivity contribution in [2.75, 3.05) is 0 Å².